The van der Waals surface area contributed by atoms with Crippen LogP contribution in [-0.4, -0.2) is 57.3 Å². The molecule has 0 saturated carbocycles. The van der Waals surface area contributed by atoms with Crippen LogP contribution in [0.2, 0.25) is 0 Å². The third-order valence-corrected chi connectivity index (χ3v) is 5.21. The zero-order chi connectivity index (χ0) is 19.6. The maximum atomic E-state index is 12.8. The van der Waals surface area contributed by atoms with E-state index in [2.05, 4.69) is 29.5 Å². The van der Waals surface area contributed by atoms with Crippen molar-refractivity contribution in [1.82, 2.24) is 19.4 Å². The normalized spacial score (nSPS) is 15.6. The molecule has 1 saturated heterocycles. The van der Waals surface area contributed by atoms with Gasteiger partial charge in [0.25, 0.3) is 0 Å². The van der Waals surface area contributed by atoms with Gasteiger partial charge in [-0.05, 0) is 38.0 Å². The monoisotopic (exact) mass is 370 g/mol. The molecular weight excluding hydrogens is 340 g/mol. The van der Waals surface area contributed by atoms with Crippen LogP contribution in [0.25, 0.3) is 11.0 Å². The molecule has 0 spiro atoms. The Balaban J connectivity index is 1.65. The number of carbonyl (C=O) groups is 2. The zero-order valence-electron chi connectivity index (χ0n) is 16.8. The third kappa shape index (κ3) is 4.31. The summed E-state index contributed by atoms with van der Waals surface area (Å²) >= 11 is 0. The van der Waals surface area contributed by atoms with E-state index in [-0.39, 0.29) is 17.7 Å². The molecule has 2 aromatic rings. The van der Waals surface area contributed by atoms with Crippen LogP contribution in [0.4, 0.5) is 0 Å². The molecule has 0 atom stereocenters. The molecule has 1 fully saturated rings. The molecule has 0 N–H and O–H groups in total. The molecule has 146 valence electrons. The van der Waals surface area contributed by atoms with E-state index in [4.69, 9.17) is 0 Å². The van der Waals surface area contributed by atoms with Gasteiger partial charge in [0.15, 0.2) is 0 Å². The average molecular weight is 370 g/mol. The highest BCUT2D eigenvalue weighted by Crippen LogP contribution is 2.19. The first kappa shape index (κ1) is 19.4. The topological polar surface area (TPSA) is 58.4 Å². The number of nitrogens with zero attached hydrogens (tertiary/aromatic N) is 4. The van der Waals surface area contributed by atoms with Gasteiger partial charge in [-0.3, -0.25) is 9.59 Å². The van der Waals surface area contributed by atoms with Gasteiger partial charge in [0.1, 0.15) is 0 Å². The number of carbonyl (C=O) groups excluding carboxylic acids is 2. The van der Waals surface area contributed by atoms with Crippen molar-refractivity contribution in [3.8, 4) is 0 Å². The minimum atomic E-state index is 0.00428. The Hall–Kier alpha value is -2.37. The fraction of sp³-hybridized carbons (Fsp3) is 0.571. The predicted molar refractivity (Wildman–Crippen MR) is 106 cm³/mol. The summed E-state index contributed by atoms with van der Waals surface area (Å²) in [4.78, 5) is 33.2. The molecule has 0 bridgehead atoms. The summed E-state index contributed by atoms with van der Waals surface area (Å²) < 4.78 is 2.13. The summed E-state index contributed by atoms with van der Waals surface area (Å²) in [5.41, 5.74) is 3.01. The number of fused-ring (bicyclic) bond motifs is 1. The Kier molecular flexibility index (Phi) is 5.82. The molecule has 1 aromatic heterocycles. The molecule has 3 rings (SSSR count). The SMILES string of the molecule is CC(C)C(=O)N1CCCN(C(=O)Cc2ccc3c(c2)ncn3C(C)C)CC1. The van der Waals surface area contributed by atoms with Crippen LogP contribution in [0.15, 0.2) is 24.5 Å². The van der Waals surface area contributed by atoms with E-state index < -0.39 is 0 Å². The van der Waals surface area contributed by atoms with E-state index in [1.54, 1.807) is 0 Å². The highest BCUT2D eigenvalue weighted by Gasteiger charge is 2.23. The number of rotatable bonds is 4. The second kappa shape index (κ2) is 8.11. The lowest BCUT2D eigenvalue weighted by molar-refractivity contribution is -0.135. The number of amides is 2. The maximum absolute atomic E-state index is 12.8. The Bertz CT molecular complexity index is 825. The van der Waals surface area contributed by atoms with E-state index in [1.807, 2.05) is 42.1 Å². The fourth-order valence-corrected chi connectivity index (χ4v) is 3.64. The minimum absolute atomic E-state index is 0.00428. The molecule has 2 heterocycles. The van der Waals surface area contributed by atoms with Crippen LogP contribution in [0.1, 0.15) is 45.7 Å². The van der Waals surface area contributed by atoms with Crippen LogP contribution in [0.3, 0.4) is 0 Å². The molecule has 6 heteroatoms. The van der Waals surface area contributed by atoms with E-state index in [1.165, 1.54) is 0 Å². The molecule has 0 aliphatic carbocycles. The maximum Gasteiger partial charge on any atom is 0.227 e. The molecule has 1 aliphatic heterocycles. The third-order valence-electron chi connectivity index (χ3n) is 5.21. The van der Waals surface area contributed by atoms with Crippen molar-refractivity contribution in [3.63, 3.8) is 0 Å². The van der Waals surface area contributed by atoms with Crippen LogP contribution in [-0.2, 0) is 16.0 Å². The summed E-state index contributed by atoms with van der Waals surface area (Å²) in [7, 11) is 0. The van der Waals surface area contributed by atoms with Gasteiger partial charge in [-0.25, -0.2) is 4.98 Å². The van der Waals surface area contributed by atoms with Gasteiger partial charge in [-0.2, -0.15) is 0 Å². The van der Waals surface area contributed by atoms with Crippen LogP contribution in [0.5, 0.6) is 0 Å². The molecule has 1 aliphatic rings. The second-order valence-corrected chi connectivity index (χ2v) is 7.96. The molecule has 0 radical (unpaired) electrons. The predicted octanol–water partition coefficient (Wildman–Crippen LogP) is 2.88. The molecule has 27 heavy (non-hydrogen) atoms. The number of hydrogen-bond acceptors (Lipinski definition) is 3. The second-order valence-electron chi connectivity index (χ2n) is 7.96. The largest absolute Gasteiger partial charge is 0.341 e. The van der Waals surface area contributed by atoms with Crippen molar-refractivity contribution in [2.75, 3.05) is 26.2 Å². The summed E-state index contributed by atoms with van der Waals surface area (Å²) in [5.74, 6) is 0.302. The zero-order valence-corrected chi connectivity index (χ0v) is 16.8. The highest BCUT2D eigenvalue weighted by molar-refractivity contribution is 5.82. The van der Waals surface area contributed by atoms with Crippen molar-refractivity contribution >= 4 is 22.8 Å². The Morgan fingerprint density at radius 3 is 2.44 bits per heavy atom. The number of benzene rings is 1. The standard InChI is InChI=1S/C21H30N4O2/c1-15(2)21(27)24-9-5-8-23(10-11-24)20(26)13-17-6-7-19-18(12-17)22-14-25(19)16(3)4/h6-7,12,14-16H,5,8-11,13H2,1-4H3. The van der Waals surface area contributed by atoms with Gasteiger partial charge in [0.2, 0.25) is 11.8 Å². The van der Waals surface area contributed by atoms with E-state index in [0.29, 0.717) is 32.1 Å². The lowest BCUT2D eigenvalue weighted by Crippen LogP contribution is -2.39. The summed E-state index contributed by atoms with van der Waals surface area (Å²) in [6, 6.07) is 6.44. The summed E-state index contributed by atoms with van der Waals surface area (Å²) in [6.45, 7) is 10.8. The number of hydrogen-bond donors (Lipinski definition) is 0. The Morgan fingerprint density at radius 2 is 1.74 bits per heavy atom. The van der Waals surface area contributed by atoms with Crippen molar-refractivity contribution in [2.24, 2.45) is 5.92 Å². The molecule has 1 aromatic carbocycles. The quantitative estimate of drug-likeness (QED) is 0.831. The van der Waals surface area contributed by atoms with Gasteiger partial charge >= 0.3 is 0 Å². The van der Waals surface area contributed by atoms with E-state index in [9.17, 15) is 9.59 Å². The lowest BCUT2D eigenvalue weighted by atomic mass is 10.1. The van der Waals surface area contributed by atoms with Crippen molar-refractivity contribution in [1.29, 1.82) is 0 Å². The molecule has 0 unspecified atom stereocenters. The van der Waals surface area contributed by atoms with Crippen molar-refractivity contribution in [3.05, 3.63) is 30.1 Å². The van der Waals surface area contributed by atoms with Crippen molar-refractivity contribution < 1.29 is 9.59 Å². The first-order valence-corrected chi connectivity index (χ1v) is 9.89. The summed E-state index contributed by atoms with van der Waals surface area (Å²) in [5, 5.41) is 0. The van der Waals surface area contributed by atoms with Crippen LogP contribution >= 0.6 is 0 Å². The molecule has 2 amide bonds. The van der Waals surface area contributed by atoms with Gasteiger partial charge in [-0.15, -0.1) is 0 Å². The number of aromatic nitrogens is 2. The summed E-state index contributed by atoms with van der Waals surface area (Å²) in [6.07, 6.45) is 3.07. The van der Waals surface area contributed by atoms with Gasteiger partial charge < -0.3 is 14.4 Å². The molecule has 6 nitrogen and oxygen atoms in total. The lowest BCUT2D eigenvalue weighted by Gasteiger charge is -2.23. The highest BCUT2D eigenvalue weighted by atomic mass is 16.2. The first-order valence-electron chi connectivity index (χ1n) is 9.89. The van der Waals surface area contributed by atoms with Crippen LogP contribution < -0.4 is 0 Å². The molecular formula is C21H30N4O2. The first-order chi connectivity index (χ1) is 12.9. The van der Waals surface area contributed by atoms with Crippen LogP contribution in [0, 0.1) is 5.92 Å². The Morgan fingerprint density at radius 1 is 1.04 bits per heavy atom. The smallest absolute Gasteiger partial charge is 0.227 e. The van der Waals surface area contributed by atoms with Gasteiger partial charge in [0.05, 0.1) is 23.8 Å². The fourth-order valence-electron chi connectivity index (χ4n) is 3.64. The van der Waals surface area contributed by atoms with E-state index in [0.717, 1.165) is 29.6 Å². The van der Waals surface area contributed by atoms with E-state index >= 15 is 0 Å². The minimum Gasteiger partial charge on any atom is -0.341 e. The van der Waals surface area contributed by atoms with Gasteiger partial charge in [-0.1, -0.05) is 19.9 Å². The van der Waals surface area contributed by atoms with Crippen molar-refractivity contribution in [2.45, 2.75) is 46.6 Å². The van der Waals surface area contributed by atoms with Gasteiger partial charge in [0, 0.05) is 38.1 Å². The Labute approximate surface area is 161 Å². The number of imidazole rings is 1. The average Bonchev–Trinajstić information content (AvgIpc) is 2.89.